The van der Waals surface area contributed by atoms with Gasteiger partial charge in [0.1, 0.15) is 0 Å². The van der Waals surface area contributed by atoms with E-state index in [2.05, 4.69) is 65.7 Å². The zero-order chi connectivity index (χ0) is 14.7. The van der Waals surface area contributed by atoms with Gasteiger partial charge in [0.2, 0.25) is 0 Å². The predicted molar refractivity (Wildman–Crippen MR) is 86.5 cm³/mol. The highest BCUT2D eigenvalue weighted by molar-refractivity contribution is 5.47. The second-order valence-electron chi connectivity index (χ2n) is 5.65. The molecular formula is C17H24N4. The zero-order valence-corrected chi connectivity index (χ0v) is 12.9. The lowest BCUT2D eigenvalue weighted by molar-refractivity contribution is 0.390. The smallest absolute Gasteiger partial charge is 0.0758 e. The van der Waals surface area contributed by atoms with Crippen molar-refractivity contribution in [2.45, 2.75) is 38.9 Å². The standard InChI is InChI=1S/C17H24N4/c1-3-15-12-21(16-10-19-20(4-2)13-16)17(11-18-15)14-8-6-5-7-9-14/h5-10,13,15,17-18H,3-4,11-12H2,1-2H3. The summed E-state index contributed by atoms with van der Waals surface area (Å²) in [4.78, 5) is 2.50. The number of aromatic nitrogens is 2. The van der Waals surface area contributed by atoms with Gasteiger partial charge in [0.25, 0.3) is 0 Å². The molecule has 1 aromatic heterocycles. The van der Waals surface area contributed by atoms with E-state index < -0.39 is 0 Å². The molecule has 2 unspecified atom stereocenters. The molecular weight excluding hydrogens is 260 g/mol. The van der Waals surface area contributed by atoms with Crippen LogP contribution in [0.2, 0.25) is 0 Å². The molecule has 2 atom stereocenters. The maximum absolute atomic E-state index is 4.44. The number of rotatable bonds is 4. The van der Waals surface area contributed by atoms with E-state index in [9.17, 15) is 0 Å². The molecule has 2 aromatic rings. The van der Waals surface area contributed by atoms with E-state index in [0.717, 1.165) is 26.1 Å². The highest BCUT2D eigenvalue weighted by Gasteiger charge is 2.29. The fourth-order valence-corrected chi connectivity index (χ4v) is 3.02. The summed E-state index contributed by atoms with van der Waals surface area (Å²) in [5.41, 5.74) is 2.59. The number of nitrogens with one attached hydrogen (secondary N) is 1. The number of hydrogen-bond donors (Lipinski definition) is 1. The van der Waals surface area contributed by atoms with E-state index in [4.69, 9.17) is 0 Å². The van der Waals surface area contributed by atoms with Crippen molar-refractivity contribution in [2.75, 3.05) is 18.0 Å². The van der Waals surface area contributed by atoms with Gasteiger partial charge in [0.15, 0.2) is 0 Å². The summed E-state index contributed by atoms with van der Waals surface area (Å²) < 4.78 is 2.00. The van der Waals surface area contributed by atoms with E-state index in [1.807, 2.05) is 10.9 Å². The Morgan fingerprint density at radius 3 is 2.71 bits per heavy atom. The molecule has 1 aliphatic rings. The molecule has 112 valence electrons. The van der Waals surface area contributed by atoms with Gasteiger partial charge in [-0.25, -0.2) is 0 Å². The van der Waals surface area contributed by atoms with Crippen molar-refractivity contribution < 1.29 is 0 Å². The number of piperazine rings is 1. The van der Waals surface area contributed by atoms with Gasteiger partial charge in [-0.1, -0.05) is 37.3 Å². The zero-order valence-electron chi connectivity index (χ0n) is 12.9. The van der Waals surface area contributed by atoms with Crippen LogP contribution in [0.15, 0.2) is 42.7 Å². The first kappa shape index (κ1) is 14.1. The first-order chi connectivity index (χ1) is 10.3. The largest absolute Gasteiger partial charge is 0.359 e. The average molecular weight is 284 g/mol. The minimum atomic E-state index is 0.378. The summed E-state index contributed by atoms with van der Waals surface area (Å²) in [7, 11) is 0. The van der Waals surface area contributed by atoms with E-state index in [1.54, 1.807) is 0 Å². The normalized spacial score (nSPS) is 22.5. The first-order valence-electron chi connectivity index (χ1n) is 7.89. The summed E-state index contributed by atoms with van der Waals surface area (Å²) in [5.74, 6) is 0. The van der Waals surface area contributed by atoms with Crippen LogP contribution in [0.1, 0.15) is 31.9 Å². The Morgan fingerprint density at radius 1 is 1.24 bits per heavy atom. The third-order valence-corrected chi connectivity index (χ3v) is 4.35. The lowest BCUT2D eigenvalue weighted by Gasteiger charge is -2.41. The molecule has 0 bridgehead atoms. The van der Waals surface area contributed by atoms with Crippen LogP contribution in [0.5, 0.6) is 0 Å². The first-order valence-corrected chi connectivity index (χ1v) is 7.89. The van der Waals surface area contributed by atoms with E-state index >= 15 is 0 Å². The van der Waals surface area contributed by atoms with Crippen LogP contribution in [0.25, 0.3) is 0 Å². The fourth-order valence-electron chi connectivity index (χ4n) is 3.02. The Bertz CT molecular complexity index is 563. The molecule has 4 nitrogen and oxygen atoms in total. The highest BCUT2D eigenvalue weighted by atomic mass is 15.3. The molecule has 2 heterocycles. The third-order valence-electron chi connectivity index (χ3n) is 4.35. The van der Waals surface area contributed by atoms with Crippen LogP contribution in [-0.2, 0) is 6.54 Å². The lowest BCUT2D eigenvalue weighted by Crippen LogP contribution is -2.52. The third kappa shape index (κ3) is 2.95. The van der Waals surface area contributed by atoms with Crippen molar-refractivity contribution in [3.8, 4) is 0 Å². The highest BCUT2D eigenvalue weighted by Crippen LogP contribution is 2.29. The number of benzene rings is 1. The maximum atomic E-state index is 4.44. The number of hydrogen-bond acceptors (Lipinski definition) is 3. The average Bonchev–Trinajstić information content (AvgIpc) is 3.04. The Balaban J connectivity index is 1.90. The second-order valence-corrected chi connectivity index (χ2v) is 5.65. The Hall–Kier alpha value is -1.81. The SMILES string of the molecule is CCC1CN(c2cnn(CC)c2)C(c2ccccc2)CN1. The monoisotopic (exact) mass is 284 g/mol. The lowest BCUT2D eigenvalue weighted by atomic mass is 10.00. The quantitative estimate of drug-likeness (QED) is 0.937. The van der Waals surface area contributed by atoms with Crippen LogP contribution in [0.3, 0.4) is 0 Å². The molecule has 21 heavy (non-hydrogen) atoms. The van der Waals surface area contributed by atoms with Gasteiger partial charge < -0.3 is 10.2 Å². The van der Waals surface area contributed by atoms with Crippen molar-refractivity contribution in [1.29, 1.82) is 0 Å². The van der Waals surface area contributed by atoms with Crippen LogP contribution in [0.4, 0.5) is 5.69 Å². The summed E-state index contributed by atoms with van der Waals surface area (Å²) in [6, 6.07) is 11.7. The maximum Gasteiger partial charge on any atom is 0.0758 e. The van der Waals surface area contributed by atoms with E-state index in [0.29, 0.717) is 12.1 Å². The molecule has 0 spiro atoms. The van der Waals surface area contributed by atoms with Crippen molar-refractivity contribution >= 4 is 5.69 Å². The molecule has 1 saturated heterocycles. The van der Waals surface area contributed by atoms with E-state index in [-0.39, 0.29) is 0 Å². The van der Waals surface area contributed by atoms with Crippen LogP contribution >= 0.6 is 0 Å². The van der Waals surface area contributed by atoms with Gasteiger partial charge >= 0.3 is 0 Å². The van der Waals surface area contributed by atoms with Crippen molar-refractivity contribution in [1.82, 2.24) is 15.1 Å². The molecule has 0 radical (unpaired) electrons. The van der Waals surface area contributed by atoms with Crippen molar-refractivity contribution in [2.24, 2.45) is 0 Å². The molecule has 1 aromatic carbocycles. The van der Waals surface area contributed by atoms with Gasteiger partial charge in [-0.3, -0.25) is 4.68 Å². The van der Waals surface area contributed by atoms with Gasteiger partial charge in [0, 0.05) is 31.9 Å². The predicted octanol–water partition coefficient (Wildman–Crippen LogP) is 2.83. The summed E-state index contributed by atoms with van der Waals surface area (Å²) in [6.45, 7) is 7.30. The molecule has 0 aliphatic carbocycles. The number of nitrogens with zero attached hydrogens (tertiary/aromatic N) is 3. The van der Waals surface area contributed by atoms with E-state index in [1.165, 1.54) is 11.3 Å². The van der Waals surface area contributed by atoms with Crippen LogP contribution in [0, 0.1) is 0 Å². The molecule has 1 N–H and O–H groups in total. The molecule has 0 saturated carbocycles. The minimum Gasteiger partial charge on any atom is -0.359 e. The number of anilines is 1. The molecule has 1 fully saturated rings. The Labute approximate surface area is 126 Å². The molecule has 3 rings (SSSR count). The van der Waals surface area contributed by atoms with Gasteiger partial charge in [-0.05, 0) is 18.9 Å². The van der Waals surface area contributed by atoms with Gasteiger partial charge in [-0.15, -0.1) is 0 Å². The topological polar surface area (TPSA) is 33.1 Å². The Kier molecular flexibility index (Phi) is 4.25. The molecule has 1 aliphatic heterocycles. The van der Waals surface area contributed by atoms with Crippen LogP contribution in [-0.4, -0.2) is 28.9 Å². The van der Waals surface area contributed by atoms with Gasteiger partial charge in [-0.2, -0.15) is 5.10 Å². The second kappa shape index (κ2) is 6.31. The Morgan fingerprint density at radius 2 is 2.05 bits per heavy atom. The van der Waals surface area contributed by atoms with Crippen molar-refractivity contribution in [3.05, 3.63) is 48.3 Å². The number of aryl methyl sites for hydroxylation is 1. The summed E-state index contributed by atoms with van der Waals surface area (Å²) >= 11 is 0. The summed E-state index contributed by atoms with van der Waals surface area (Å²) in [5, 5.41) is 8.11. The molecule has 0 amide bonds. The van der Waals surface area contributed by atoms with Gasteiger partial charge in [0.05, 0.1) is 17.9 Å². The fraction of sp³-hybridized carbons (Fsp3) is 0.471. The molecule has 4 heteroatoms. The van der Waals surface area contributed by atoms with Crippen LogP contribution < -0.4 is 10.2 Å². The summed E-state index contributed by atoms with van der Waals surface area (Å²) in [6.07, 6.45) is 5.31. The minimum absolute atomic E-state index is 0.378. The van der Waals surface area contributed by atoms with Crippen molar-refractivity contribution in [3.63, 3.8) is 0 Å².